The van der Waals surface area contributed by atoms with Crippen molar-refractivity contribution in [2.45, 2.75) is 57.0 Å². The number of rotatable bonds is 4. The van der Waals surface area contributed by atoms with Crippen LogP contribution in [0, 0.1) is 0 Å². The van der Waals surface area contributed by atoms with Crippen molar-refractivity contribution in [1.82, 2.24) is 0 Å². The highest BCUT2D eigenvalue weighted by molar-refractivity contribution is 5.71. The Morgan fingerprint density at radius 3 is 2.70 bits per heavy atom. The van der Waals surface area contributed by atoms with Crippen LogP contribution in [0.1, 0.15) is 50.5 Å². The van der Waals surface area contributed by atoms with E-state index in [0.29, 0.717) is 18.2 Å². The van der Waals surface area contributed by atoms with Crippen molar-refractivity contribution in [2.75, 3.05) is 18.6 Å². The molecule has 126 valence electrons. The molecule has 23 heavy (non-hydrogen) atoms. The summed E-state index contributed by atoms with van der Waals surface area (Å²) in [6, 6.07) is 5.70. The Bertz CT molecular complexity index is 570. The standard InChI is InChI=1S/C18H25NO4/c1-18(12-20)19(11-17(22-2)23-18)14-8-9-15(16(21)10-14)13-6-4-3-5-7-13/h8-10,12-13,17,21H,3-7,11H2,1-2H3. The van der Waals surface area contributed by atoms with Gasteiger partial charge < -0.3 is 19.5 Å². The average Bonchev–Trinajstić information content (AvgIpc) is 2.93. The minimum absolute atomic E-state index is 0.309. The molecular formula is C18H25NO4. The minimum atomic E-state index is -1.07. The number of nitrogens with zero attached hydrogens (tertiary/aromatic N) is 1. The molecule has 0 spiro atoms. The number of hydrogen-bond acceptors (Lipinski definition) is 5. The Kier molecular flexibility index (Phi) is 4.60. The van der Waals surface area contributed by atoms with Gasteiger partial charge in [0.2, 0.25) is 0 Å². The maximum absolute atomic E-state index is 11.5. The molecule has 0 radical (unpaired) electrons. The highest BCUT2D eigenvalue weighted by Crippen LogP contribution is 2.40. The van der Waals surface area contributed by atoms with Crippen molar-refractivity contribution < 1.29 is 19.4 Å². The summed E-state index contributed by atoms with van der Waals surface area (Å²) in [6.07, 6.45) is 6.34. The molecule has 2 atom stereocenters. The van der Waals surface area contributed by atoms with Crippen LogP contribution in [0.15, 0.2) is 18.2 Å². The van der Waals surface area contributed by atoms with Crippen LogP contribution < -0.4 is 4.90 Å². The van der Waals surface area contributed by atoms with Gasteiger partial charge in [0.15, 0.2) is 18.3 Å². The fourth-order valence-corrected chi connectivity index (χ4v) is 3.73. The number of anilines is 1. The van der Waals surface area contributed by atoms with Crippen LogP contribution in [0.3, 0.4) is 0 Å². The Balaban J connectivity index is 1.85. The number of methoxy groups -OCH3 is 1. The van der Waals surface area contributed by atoms with Crippen molar-refractivity contribution in [3.8, 4) is 5.75 Å². The monoisotopic (exact) mass is 319 g/mol. The van der Waals surface area contributed by atoms with Gasteiger partial charge in [0.1, 0.15) is 5.75 Å². The molecule has 5 nitrogen and oxygen atoms in total. The highest BCUT2D eigenvalue weighted by atomic mass is 16.7. The first kappa shape index (κ1) is 16.3. The lowest BCUT2D eigenvalue weighted by Gasteiger charge is -2.30. The molecule has 5 heteroatoms. The van der Waals surface area contributed by atoms with Crippen molar-refractivity contribution in [2.24, 2.45) is 0 Å². The summed E-state index contributed by atoms with van der Waals surface area (Å²) in [5.74, 6) is 0.750. The number of aromatic hydroxyl groups is 1. The van der Waals surface area contributed by atoms with Crippen molar-refractivity contribution in [1.29, 1.82) is 0 Å². The van der Waals surface area contributed by atoms with Gasteiger partial charge in [0.05, 0.1) is 6.54 Å². The van der Waals surface area contributed by atoms with E-state index >= 15 is 0 Å². The molecule has 3 rings (SSSR count). The molecule has 2 fully saturated rings. The first-order chi connectivity index (χ1) is 11.1. The van der Waals surface area contributed by atoms with Crippen LogP contribution in [0.25, 0.3) is 0 Å². The Morgan fingerprint density at radius 2 is 2.09 bits per heavy atom. The maximum atomic E-state index is 11.5. The summed E-state index contributed by atoms with van der Waals surface area (Å²) >= 11 is 0. The van der Waals surface area contributed by atoms with Gasteiger partial charge in [-0.05, 0) is 37.3 Å². The lowest BCUT2D eigenvalue weighted by molar-refractivity contribution is -0.155. The van der Waals surface area contributed by atoms with Crippen molar-refractivity contribution in [3.63, 3.8) is 0 Å². The molecule has 1 aromatic rings. The molecule has 1 saturated carbocycles. The van der Waals surface area contributed by atoms with Crippen LogP contribution >= 0.6 is 0 Å². The van der Waals surface area contributed by atoms with E-state index in [2.05, 4.69) is 0 Å². The smallest absolute Gasteiger partial charge is 0.198 e. The molecule has 2 unspecified atom stereocenters. The Morgan fingerprint density at radius 1 is 1.35 bits per heavy atom. The average molecular weight is 319 g/mol. The number of phenolic OH excluding ortho intramolecular Hbond substituents is 1. The van der Waals surface area contributed by atoms with Crippen LogP contribution in [0.2, 0.25) is 0 Å². The zero-order valence-corrected chi connectivity index (χ0v) is 13.8. The fourth-order valence-electron chi connectivity index (χ4n) is 3.73. The summed E-state index contributed by atoms with van der Waals surface area (Å²) < 4.78 is 10.9. The van der Waals surface area contributed by atoms with Crippen LogP contribution in [-0.2, 0) is 14.3 Å². The fraction of sp³-hybridized carbons (Fsp3) is 0.611. The first-order valence-corrected chi connectivity index (χ1v) is 8.35. The van der Waals surface area contributed by atoms with Crippen LogP contribution in [0.4, 0.5) is 5.69 Å². The van der Waals surface area contributed by atoms with E-state index in [1.165, 1.54) is 19.3 Å². The molecular weight excluding hydrogens is 294 g/mol. The molecule has 1 N–H and O–H groups in total. The molecule has 1 aromatic carbocycles. The van der Waals surface area contributed by atoms with Gasteiger partial charge in [-0.15, -0.1) is 0 Å². The second kappa shape index (κ2) is 6.49. The van der Waals surface area contributed by atoms with Crippen LogP contribution in [-0.4, -0.2) is 37.1 Å². The molecule has 1 aliphatic heterocycles. The summed E-state index contributed by atoms with van der Waals surface area (Å²) in [6.45, 7) is 2.17. The summed E-state index contributed by atoms with van der Waals surface area (Å²) in [5.41, 5.74) is 0.723. The van der Waals surface area contributed by atoms with E-state index in [1.807, 2.05) is 17.0 Å². The maximum Gasteiger partial charge on any atom is 0.198 e. The van der Waals surface area contributed by atoms with E-state index in [9.17, 15) is 9.90 Å². The quantitative estimate of drug-likeness (QED) is 0.864. The molecule has 1 saturated heterocycles. The summed E-state index contributed by atoms with van der Waals surface area (Å²) in [7, 11) is 1.56. The lowest BCUT2D eigenvalue weighted by atomic mass is 9.83. The summed E-state index contributed by atoms with van der Waals surface area (Å²) in [5, 5.41) is 10.5. The topological polar surface area (TPSA) is 59.0 Å². The molecule has 0 amide bonds. The zero-order chi connectivity index (χ0) is 16.4. The second-order valence-electron chi connectivity index (χ2n) is 6.64. The molecule has 1 aliphatic carbocycles. The number of phenols is 1. The number of carbonyl (C=O) groups is 1. The van der Waals surface area contributed by atoms with Gasteiger partial charge in [-0.3, -0.25) is 4.79 Å². The Labute approximate surface area is 137 Å². The number of hydrogen-bond donors (Lipinski definition) is 1. The number of benzene rings is 1. The largest absolute Gasteiger partial charge is 0.508 e. The molecule has 0 aromatic heterocycles. The van der Waals surface area contributed by atoms with E-state index < -0.39 is 12.0 Å². The van der Waals surface area contributed by atoms with E-state index in [0.717, 1.165) is 30.4 Å². The summed E-state index contributed by atoms with van der Waals surface area (Å²) in [4.78, 5) is 13.3. The SMILES string of the molecule is COC1CN(c2ccc(C3CCCCC3)c(O)c2)C(C)(C=O)O1. The third-order valence-corrected chi connectivity index (χ3v) is 5.09. The van der Waals surface area contributed by atoms with Gasteiger partial charge >= 0.3 is 0 Å². The van der Waals surface area contributed by atoms with Crippen molar-refractivity contribution in [3.05, 3.63) is 23.8 Å². The minimum Gasteiger partial charge on any atom is -0.508 e. The normalized spacial score (nSPS) is 29.0. The zero-order valence-electron chi connectivity index (χ0n) is 13.8. The number of aldehydes is 1. The number of ether oxygens (including phenoxy) is 2. The predicted octanol–water partition coefficient (Wildman–Crippen LogP) is 3.16. The Hall–Kier alpha value is -1.59. The van der Waals surface area contributed by atoms with Gasteiger partial charge in [0.25, 0.3) is 0 Å². The van der Waals surface area contributed by atoms with Gasteiger partial charge in [-0.25, -0.2) is 0 Å². The molecule has 0 bridgehead atoms. The molecule has 2 aliphatic rings. The third-order valence-electron chi connectivity index (χ3n) is 5.09. The first-order valence-electron chi connectivity index (χ1n) is 8.35. The number of carbonyl (C=O) groups excluding carboxylic acids is 1. The lowest BCUT2D eigenvalue weighted by Crippen LogP contribution is -2.43. The van der Waals surface area contributed by atoms with Gasteiger partial charge in [-0.1, -0.05) is 25.3 Å². The van der Waals surface area contributed by atoms with E-state index in [4.69, 9.17) is 9.47 Å². The second-order valence-corrected chi connectivity index (χ2v) is 6.64. The highest BCUT2D eigenvalue weighted by Gasteiger charge is 2.43. The van der Waals surface area contributed by atoms with E-state index in [1.54, 1.807) is 20.1 Å². The van der Waals surface area contributed by atoms with E-state index in [-0.39, 0.29) is 0 Å². The van der Waals surface area contributed by atoms with Crippen LogP contribution in [0.5, 0.6) is 5.75 Å². The predicted molar refractivity (Wildman–Crippen MR) is 87.6 cm³/mol. The van der Waals surface area contributed by atoms with Crippen molar-refractivity contribution >= 4 is 12.0 Å². The molecule has 1 heterocycles. The van der Waals surface area contributed by atoms with Gasteiger partial charge in [-0.2, -0.15) is 0 Å². The van der Waals surface area contributed by atoms with Gasteiger partial charge in [0, 0.05) is 18.9 Å². The third kappa shape index (κ3) is 3.08.